The van der Waals surface area contributed by atoms with Crippen LogP contribution in [0.4, 0.5) is 4.39 Å². The van der Waals surface area contributed by atoms with Crippen LogP contribution in [-0.4, -0.2) is 42.0 Å². The van der Waals surface area contributed by atoms with E-state index in [1.807, 2.05) is 0 Å². The molecule has 0 saturated carbocycles. The fraction of sp³-hybridized carbons (Fsp3) is 0.368. The Bertz CT molecular complexity index is 849. The molecule has 2 aliphatic rings. The average Bonchev–Trinajstić information content (AvgIpc) is 2.84. The number of imide groups is 1. The molecule has 0 spiro atoms. The molecule has 1 aliphatic heterocycles. The first-order valence-electron chi connectivity index (χ1n) is 8.48. The van der Waals surface area contributed by atoms with Gasteiger partial charge in [-0.25, -0.2) is 4.39 Å². The van der Waals surface area contributed by atoms with E-state index in [2.05, 4.69) is 5.32 Å². The molecule has 1 aromatic rings. The van der Waals surface area contributed by atoms with Crippen LogP contribution in [0.2, 0.25) is 5.02 Å². The fourth-order valence-corrected chi connectivity index (χ4v) is 3.99. The first-order valence-corrected chi connectivity index (χ1v) is 8.86. The standard InChI is InChI=1S/C19H18ClFN2O4/c1-9-6-7-10-15(19(27)23(2)18(10)26)14(9)17(25)22-8-13(24)16-11(20)4-3-5-12(16)21/h3-7,9-10,14-15H,8H2,1-2H3,(H,22,25). The predicted molar refractivity (Wildman–Crippen MR) is 95.3 cm³/mol. The van der Waals surface area contributed by atoms with Crippen LogP contribution in [0.1, 0.15) is 17.3 Å². The SMILES string of the molecule is CC1C=CC2C(=O)N(C)C(=O)C2C1C(=O)NCC(=O)c1c(F)cccc1Cl. The first-order chi connectivity index (χ1) is 12.7. The minimum atomic E-state index is -0.797. The van der Waals surface area contributed by atoms with E-state index in [-0.39, 0.29) is 22.4 Å². The van der Waals surface area contributed by atoms with Crippen molar-refractivity contribution >= 4 is 35.1 Å². The van der Waals surface area contributed by atoms with Gasteiger partial charge in [0.2, 0.25) is 17.7 Å². The quantitative estimate of drug-likeness (QED) is 0.481. The van der Waals surface area contributed by atoms with E-state index in [4.69, 9.17) is 11.6 Å². The summed E-state index contributed by atoms with van der Waals surface area (Å²) in [7, 11) is 1.39. The summed E-state index contributed by atoms with van der Waals surface area (Å²) in [6.07, 6.45) is 3.39. The summed E-state index contributed by atoms with van der Waals surface area (Å²) >= 11 is 5.87. The van der Waals surface area contributed by atoms with Crippen LogP contribution in [0.15, 0.2) is 30.4 Å². The lowest BCUT2D eigenvalue weighted by Gasteiger charge is -2.30. The Morgan fingerprint density at radius 1 is 1.22 bits per heavy atom. The van der Waals surface area contributed by atoms with Crippen molar-refractivity contribution in [1.82, 2.24) is 10.2 Å². The van der Waals surface area contributed by atoms with E-state index in [1.165, 1.54) is 19.2 Å². The van der Waals surface area contributed by atoms with Crippen molar-refractivity contribution in [3.63, 3.8) is 0 Å². The minimum absolute atomic E-state index is 0.0403. The van der Waals surface area contributed by atoms with E-state index in [1.54, 1.807) is 19.1 Å². The zero-order chi connectivity index (χ0) is 19.9. The molecule has 142 valence electrons. The number of hydrogen-bond donors (Lipinski definition) is 1. The summed E-state index contributed by atoms with van der Waals surface area (Å²) in [6, 6.07) is 3.87. The summed E-state index contributed by atoms with van der Waals surface area (Å²) in [5, 5.41) is 2.43. The maximum absolute atomic E-state index is 13.8. The van der Waals surface area contributed by atoms with Crippen LogP contribution in [-0.2, 0) is 14.4 Å². The average molecular weight is 393 g/mol. The Morgan fingerprint density at radius 3 is 2.59 bits per heavy atom. The Hall–Kier alpha value is -2.54. The maximum atomic E-state index is 13.8. The van der Waals surface area contributed by atoms with Crippen molar-refractivity contribution in [1.29, 1.82) is 0 Å². The number of Topliss-reactive ketones (excluding diaryl/α,β-unsaturated/α-hetero) is 1. The molecule has 1 N–H and O–H groups in total. The van der Waals surface area contributed by atoms with Crippen LogP contribution in [0, 0.1) is 29.5 Å². The molecule has 27 heavy (non-hydrogen) atoms. The number of rotatable bonds is 4. The Morgan fingerprint density at radius 2 is 1.93 bits per heavy atom. The predicted octanol–water partition coefficient (Wildman–Crippen LogP) is 1.83. The molecule has 4 unspecified atom stereocenters. The molecule has 1 aliphatic carbocycles. The second-order valence-electron chi connectivity index (χ2n) is 6.79. The van der Waals surface area contributed by atoms with Crippen LogP contribution in [0.3, 0.4) is 0 Å². The molecule has 4 atom stereocenters. The van der Waals surface area contributed by atoms with E-state index in [9.17, 15) is 23.6 Å². The molecule has 6 nitrogen and oxygen atoms in total. The smallest absolute Gasteiger partial charge is 0.236 e. The number of carbonyl (C=O) groups excluding carboxylic acids is 4. The molecule has 8 heteroatoms. The van der Waals surface area contributed by atoms with Crippen LogP contribution >= 0.6 is 11.6 Å². The highest BCUT2D eigenvalue weighted by molar-refractivity contribution is 6.34. The summed E-state index contributed by atoms with van der Waals surface area (Å²) in [5.74, 6) is -5.28. The normalized spacial score (nSPS) is 26.9. The molecule has 1 aromatic carbocycles. The number of carbonyl (C=O) groups is 4. The lowest BCUT2D eigenvalue weighted by molar-refractivity contribution is -0.141. The Kier molecular flexibility index (Phi) is 5.15. The third-order valence-corrected chi connectivity index (χ3v) is 5.48. The van der Waals surface area contributed by atoms with Gasteiger partial charge in [0.25, 0.3) is 0 Å². The molecule has 0 bridgehead atoms. The molecule has 0 aromatic heterocycles. The van der Waals surface area contributed by atoms with Crippen molar-refractivity contribution in [2.45, 2.75) is 6.92 Å². The molecule has 0 radical (unpaired) electrons. The van der Waals surface area contributed by atoms with E-state index in [0.717, 1.165) is 11.0 Å². The topological polar surface area (TPSA) is 83.6 Å². The molecule has 1 heterocycles. The van der Waals surface area contributed by atoms with Gasteiger partial charge in [0.05, 0.1) is 34.9 Å². The molecule has 3 rings (SSSR count). The third-order valence-electron chi connectivity index (χ3n) is 5.16. The van der Waals surface area contributed by atoms with Gasteiger partial charge in [0.15, 0.2) is 5.78 Å². The van der Waals surface area contributed by atoms with Crippen LogP contribution in [0.5, 0.6) is 0 Å². The largest absolute Gasteiger partial charge is 0.348 e. The van der Waals surface area contributed by atoms with Gasteiger partial charge >= 0.3 is 0 Å². The molecule has 1 saturated heterocycles. The number of ketones is 1. The highest BCUT2D eigenvalue weighted by Gasteiger charge is 2.53. The number of nitrogens with one attached hydrogen (secondary N) is 1. The number of allylic oxidation sites excluding steroid dienone is 1. The number of nitrogens with zero attached hydrogens (tertiary/aromatic N) is 1. The Balaban J connectivity index is 1.76. The highest BCUT2D eigenvalue weighted by atomic mass is 35.5. The van der Waals surface area contributed by atoms with Gasteiger partial charge in [-0.15, -0.1) is 0 Å². The maximum Gasteiger partial charge on any atom is 0.236 e. The zero-order valence-corrected chi connectivity index (χ0v) is 15.5. The van der Waals surface area contributed by atoms with Crippen molar-refractivity contribution in [2.75, 3.05) is 13.6 Å². The summed E-state index contributed by atoms with van der Waals surface area (Å²) in [6.45, 7) is 1.31. The lowest BCUT2D eigenvalue weighted by atomic mass is 9.71. The van der Waals surface area contributed by atoms with Crippen molar-refractivity contribution in [2.24, 2.45) is 23.7 Å². The number of fused-ring (bicyclic) bond motifs is 1. The second kappa shape index (κ2) is 7.23. The molecular formula is C19H18ClFN2O4. The second-order valence-corrected chi connectivity index (χ2v) is 7.20. The zero-order valence-electron chi connectivity index (χ0n) is 14.7. The first kappa shape index (κ1) is 19.2. The van der Waals surface area contributed by atoms with E-state index < -0.39 is 47.7 Å². The minimum Gasteiger partial charge on any atom is -0.348 e. The van der Waals surface area contributed by atoms with Crippen LogP contribution in [0.25, 0.3) is 0 Å². The van der Waals surface area contributed by atoms with E-state index in [0.29, 0.717) is 0 Å². The third kappa shape index (κ3) is 3.27. The van der Waals surface area contributed by atoms with Gasteiger partial charge < -0.3 is 5.32 Å². The Labute approximate surface area is 160 Å². The number of halogens is 2. The number of likely N-dealkylation sites (tertiary alicyclic amines) is 1. The van der Waals surface area contributed by atoms with Gasteiger partial charge in [-0.1, -0.05) is 36.7 Å². The van der Waals surface area contributed by atoms with Gasteiger partial charge in [-0.2, -0.15) is 0 Å². The summed E-state index contributed by atoms with van der Waals surface area (Å²) in [4.78, 5) is 50.6. The molecular weight excluding hydrogens is 375 g/mol. The van der Waals surface area contributed by atoms with Gasteiger partial charge in [0, 0.05) is 7.05 Å². The van der Waals surface area contributed by atoms with Crippen molar-refractivity contribution < 1.29 is 23.6 Å². The molecule has 3 amide bonds. The van der Waals surface area contributed by atoms with Gasteiger partial charge in [-0.05, 0) is 18.1 Å². The monoisotopic (exact) mass is 392 g/mol. The summed E-state index contributed by atoms with van der Waals surface area (Å²) < 4.78 is 13.8. The van der Waals surface area contributed by atoms with Gasteiger partial charge in [-0.3, -0.25) is 24.1 Å². The van der Waals surface area contributed by atoms with Crippen LogP contribution < -0.4 is 5.32 Å². The number of amides is 3. The fourth-order valence-electron chi connectivity index (χ4n) is 3.72. The molecule has 1 fully saturated rings. The number of hydrogen-bond acceptors (Lipinski definition) is 4. The van der Waals surface area contributed by atoms with E-state index >= 15 is 0 Å². The van der Waals surface area contributed by atoms with Gasteiger partial charge in [0.1, 0.15) is 5.82 Å². The summed E-state index contributed by atoms with van der Waals surface area (Å²) in [5.41, 5.74) is -0.291. The lowest BCUT2D eigenvalue weighted by Crippen LogP contribution is -2.45. The van der Waals surface area contributed by atoms with Crippen molar-refractivity contribution in [3.8, 4) is 0 Å². The highest BCUT2D eigenvalue weighted by Crippen LogP contribution is 2.40. The van der Waals surface area contributed by atoms with Crippen molar-refractivity contribution in [3.05, 3.63) is 46.8 Å². The number of benzene rings is 1.